The van der Waals surface area contributed by atoms with E-state index in [1.54, 1.807) is 24.3 Å². The highest BCUT2D eigenvalue weighted by Crippen LogP contribution is 2.21. The van der Waals surface area contributed by atoms with Gasteiger partial charge in [-0.2, -0.15) is 10.1 Å². The van der Waals surface area contributed by atoms with E-state index in [9.17, 15) is 14.4 Å². The quantitative estimate of drug-likeness (QED) is 0.532. The first-order valence-corrected chi connectivity index (χ1v) is 8.97. The van der Waals surface area contributed by atoms with Gasteiger partial charge in [-0.3, -0.25) is 19.3 Å². The molecule has 26 heavy (non-hydrogen) atoms. The number of amides is 2. The summed E-state index contributed by atoms with van der Waals surface area (Å²) in [4.78, 5) is 46.7. The Labute approximate surface area is 151 Å². The molecule has 0 spiro atoms. The Morgan fingerprint density at radius 1 is 1.27 bits per heavy atom. The van der Waals surface area contributed by atoms with E-state index < -0.39 is 0 Å². The number of H-pyrrole nitrogens is 1. The second-order valence-corrected chi connectivity index (χ2v) is 6.64. The van der Waals surface area contributed by atoms with Crippen LogP contribution >= 0.6 is 11.8 Å². The number of hydrogen-bond acceptors (Lipinski definition) is 7. The third-order valence-electron chi connectivity index (χ3n) is 4.06. The minimum absolute atomic E-state index is 0.00462. The third-order valence-corrected chi connectivity index (χ3v) is 4.98. The Bertz CT molecular complexity index is 1050. The molecule has 0 atom stereocenters. The number of benzene rings is 1. The second-order valence-electron chi connectivity index (χ2n) is 5.69. The van der Waals surface area contributed by atoms with Gasteiger partial charge in [-0.1, -0.05) is 23.9 Å². The maximum Gasteiger partial charge on any atom is 0.269 e. The molecule has 1 aliphatic rings. The lowest BCUT2D eigenvalue weighted by atomic mass is 10.2. The molecule has 2 aromatic heterocycles. The summed E-state index contributed by atoms with van der Waals surface area (Å²) in [6, 6.07) is 6.96. The van der Waals surface area contributed by atoms with Crippen molar-refractivity contribution in [2.24, 2.45) is 0 Å². The number of rotatable bonds is 4. The Hall–Kier alpha value is -3.01. The number of aromatic amines is 1. The zero-order chi connectivity index (χ0) is 18.1. The van der Waals surface area contributed by atoms with Gasteiger partial charge < -0.3 is 0 Å². The molecule has 3 heterocycles. The zero-order valence-electron chi connectivity index (χ0n) is 13.6. The standard InChI is InChI=1S/C16H14N6O3S/c23-12-6-3-7-21(12)13(24)8-26-16-19-11-5-2-1-4-10(11)14(25)22(16)15-17-9-18-20-15/h1-2,4-5,9H,3,6-8H2,(H,17,18,20). The smallest absolute Gasteiger partial charge is 0.269 e. The van der Waals surface area contributed by atoms with E-state index in [1.165, 1.54) is 15.8 Å². The summed E-state index contributed by atoms with van der Waals surface area (Å²) in [5.74, 6) is -0.218. The largest absolute Gasteiger partial charge is 0.282 e. The Kier molecular flexibility index (Phi) is 4.25. The second kappa shape index (κ2) is 6.71. The van der Waals surface area contributed by atoms with Crippen LogP contribution in [0.25, 0.3) is 16.9 Å². The van der Waals surface area contributed by atoms with Crippen molar-refractivity contribution in [3.8, 4) is 5.95 Å². The van der Waals surface area contributed by atoms with Gasteiger partial charge in [0.25, 0.3) is 5.56 Å². The fourth-order valence-electron chi connectivity index (χ4n) is 2.82. The van der Waals surface area contributed by atoms with E-state index in [0.29, 0.717) is 35.4 Å². The molecule has 4 rings (SSSR count). The first kappa shape index (κ1) is 16.5. The number of para-hydroxylation sites is 1. The fraction of sp³-hybridized carbons (Fsp3) is 0.250. The number of fused-ring (bicyclic) bond motifs is 1. The van der Waals surface area contributed by atoms with E-state index in [4.69, 9.17) is 0 Å². The summed E-state index contributed by atoms with van der Waals surface area (Å²) in [6.07, 6.45) is 2.37. The molecule has 1 N–H and O–H groups in total. The molecule has 10 heteroatoms. The summed E-state index contributed by atoms with van der Waals surface area (Å²) in [7, 11) is 0. The summed E-state index contributed by atoms with van der Waals surface area (Å²) >= 11 is 1.09. The Balaban J connectivity index is 1.71. The Morgan fingerprint density at radius 2 is 2.12 bits per heavy atom. The first-order valence-electron chi connectivity index (χ1n) is 7.98. The predicted molar refractivity (Wildman–Crippen MR) is 94.0 cm³/mol. The number of nitrogens with zero attached hydrogens (tertiary/aromatic N) is 5. The maximum atomic E-state index is 12.9. The molecule has 1 fully saturated rings. The minimum Gasteiger partial charge on any atom is -0.282 e. The normalized spacial score (nSPS) is 14.3. The molecule has 132 valence electrons. The van der Waals surface area contributed by atoms with Crippen LogP contribution in [-0.2, 0) is 9.59 Å². The molecular weight excluding hydrogens is 356 g/mol. The number of carbonyl (C=O) groups is 2. The van der Waals surface area contributed by atoms with E-state index in [1.807, 2.05) is 0 Å². The van der Waals surface area contributed by atoms with E-state index in [2.05, 4.69) is 20.2 Å². The van der Waals surface area contributed by atoms with Gasteiger partial charge in [-0.25, -0.2) is 14.6 Å². The van der Waals surface area contributed by atoms with Gasteiger partial charge in [0.1, 0.15) is 6.33 Å². The number of thioether (sulfide) groups is 1. The SMILES string of the molecule is O=C1CCCN1C(=O)CSc1nc2ccccc2c(=O)n1-c1ncn[nH]1. The maximum absolute atomic E-state index is 12.9. The number of hydrogen-bond donors (Lipinski definition) is 1. The number of aromatic nitrogens is 5. The van der Waals surface area contributed by atoms with E-state index in [0.717, 1.165) is 11.8 Å². The van der Waals surface area contributed by atoms with Crippen molar-refractivity contribution < 1.29 is 9.59 Å². The highest BCUT2D eigenvalue weighted by molar-refractivity contribution is 7.99. The molecule has 1 aromatic carbocycles. The highest BCUT2D eigenvalue weighted by atomic mass is 32.2. The topological polar surface area (TPSA) is 114 Å². The molecule has 2 amide bonds. The molecule has 3 aromatic rings. The van der Waals surface area contributed by atoms with Crippen LogP contribution in [0.5, 0.6) is 0 Å². The molecule has 1 aliphatic heterocycles. The minimum atomic E-state index is -0.306. The van der Waals surface area contributed by atoms with Crippen LogP contribution < -0.4 is 5.56 Å². The Morgan fingerprint density at radius 3 is 2.85 bits per heavy atom. The van der Waals surface area contributed by atoms with Crippen LogP contribution in [0.1, 0.15) is 12.8 Å². The average Bonchev–Trinajstić information content (AvgIpc) is 3.31. The molecule has 0 unspecified atom stereocenters. The predicted octanol–water partition coefficient (Wildman–Crippen LogP) is 0.745. The average molecular weight is 370 g/mol. The molecule has 9 nitrogen and oxygen atoms in total. The zero-order valence-corrected chi connectivity index (χ0v) is 14.4. The highest BCUT2D eigenvalue weighted by Gasteiger charge is 2.27. The van der Waals surface area contributed by atoms with Crippen LogP contribution in [0.4, 0.5) is 0 Å². The third kappa shape index (κ3) is 2.88. The van der Waals surface area contributed by atoms with E-state index in [-0.39, 0.29) is 29.1 Å². The molecule has 0 saturated carbocycles. The van der Waals surface area contributed by atoms with Crippen molar-refractivity contribution in [2.75, 3.05) is 12.3 Å². The van der Waals surface area contributed by atoms with Crippen molar-refractivity contribution in [3.63, 3.8) is 0 Å². The summed E-state index contributed by atoms with van der Waals surface area (Å²) < 4.78 is 1.29. The van der Waals surface area contributed by atoms with E-state index >= 15 is 0 Å². The van der Waals surface area contributed by atoms with Gasteiger partial charge in [0, 0.05) is 13.0 Å². The van der Waals surface area contributed by atoms with Crippen LogP contribution in [0.2, 0.25) is 0 Å². The van der Waals surface area contributed by atoms with Crippen molar-refractivity contribution in [1.29, 1.82) is 0 Å². The first-order chi connectivity index (χ1) is 12.6. The molecule has 0 bridgehead atoms. The van der Waals surface area contributed by atoms with Gasteiger partial charge in [-0.15, -0.1) is 0 Å². The number of imide groups is 1. The van der Waals surface area contributed by atoms with Crippen LogP contribution in [-0.4, -0.2) is 53.7 Å². The van der Waals surface area contributed by atoms with Gasteiger partial charge in [-0.05, 0) is 18.6 Å². The molecular formula is C16H14N6O3S. The van der Waals surface area contributed by atoms with Gasteiger partial charge in [0.2, 0.25) is 17.8 Å². The lowest BCUT2D eigenvalue weighted by Crippen LogP contribution is -2.33. The van der Waals surface area contributed by atoms with Crippen LogP contribution in [0, 0.1) is 0 Å². The van der Waals surface area contributed by atoms with Crippen molar-refractivity contribution in [3.05, 3.63) is 40.9 Å². The number of nitrogens with one attached hydrogen (secondary N) is 1. The molecule has 0 radical (unpaired) electrons. The van der Waals surface area contributed by atoms with Gasteiger partial charge >= 0.3 is 0 Å². The van der Waals surface area contributed by atoms with Crippen LogP contribution in [0.15, 0.2) is 40.5 Å². The van der Waals surface area contributed by atoms with Crippen molar-refractivity contribution in [2.45, 2.75) is 18.0 Å². The van der Waals surface area contributed by atoms with Crippen molar-refractivity contribution in [1.82, 2.24) is 29.6 Å². The monoisotopic (exact) mass is 370 g/mol. The fourth-order valence-corrected chi connectivity index (χ4v) is 3.69. The lowest BCUT2D eigenvalue weighted by molar-refractivity contribution is -0.140. The lowest BCUT2D eigenvalue weighted by Gasteiger charge is -2.14. The summed E-state index contributed by atoms with van der Waals surface area (Å²) in [5.41, 5.74) is 0.222. The van der Waals surface area contributed by atoms with Gasteiger partial charge in [0.15, 0.2) is 5.16 Å². The summed E-state index contributed by atoms with van der Waals surface area (Å²) in [6.45, 7) is 0.443. The number of carbonyl (C=O) groups excluding carboxylic acids is 2. The van der Waals surface area contributed by atoms with Crippen LogP contribution in [0.3, 0.4) is 0 Å². The molecule has 1 saturated heterocycles. The van der Waals surface area contributed by atoms with Gasteiger partial charge in [0.05, 0.1) is 16.7 Å². The summed E-state index contributed by atoms with van der Waals surface area (Å²) in [5, 5.41) is 7.17. The molecule has 0 aliphatic carbocycles. The van der Waals surface area contributed by atoms with Crippen molar-refractivity contribution >= 4 is 34.5 Å². The number of likely N-dealkylation sites (tertiary alicyclic amines) is 1.